The molecular weight excluding hydrogens is 146 g/mol. The molecular formula is C6H8N3O2. The third kappa shape index (κ3) is 6.31. The van der Waals surface area contributed by atoms with Gasteiger partial charge in [-0.25, -0.2) is 0 Å². The lowest BCUT2D eigenvalue weighted by Gasteiger charge is -1.92. The number of nitrogens with one attached hydrogen (secondary N) is 1. The van der Waals surface area contributed by atoms with Crippen molar-refractivity contribution in [3.63, 3.8) is 0 Å². The van der Waals surface area contributed by atoms with Gasteiger partial charge in [-0.1, -0.05) is 5.16 Å². The average molecular weight is 154 g/mol. The fourth-order valence-electron chi connectivity index (χ4n) is 0.302. The number of nitriles is 1. The molecule has 0 aromatic carbocycles. The van der Waals surface area contributed by atoms with Crippen LogP contribution in [0.3, 0.4) is 0 Å². The van der Waals surface area contributed by atoms with Gasteiger partial charge in [0.1, 0.15) is 19.4 Å². The van der Waals surface area contributed by atoms with Gasteiger partial charge >= 0.3 is 0 Å². The van der Waals surface area contributed by atoms with Crippen LogP contribution in [0.2, 0.25) is 0 Å². The van der Waals surface area contributed by atoms with Crippen molar-refractivity contribution >= 4 is 12.2 Å². The first-order chi connectivity index (χ1) is 5.31. The summed E-state index contributed by atoms with van der Waals surface area (Å²) in [5.41, 5.74) is 0. The summed E-state index contributed by atoms with van der Waals surface area (Å²) in [5, 5.41) is 13.5. The second-order valence-electron chi connectivity index (χ2n) is 1.43. The molecule has 1 amide bonds. The van der Waals surface area contributed by atoms with Gasteiger partial charge in [0.2, 0.25) is 5.91 Å². The zero-order valence-corrected chi connectivity index (χ0v) is 6.07. The topological polar surface area (TPSA) is 74.5 Å². The standard InChI is InChI=1S/C6H8N3O2/c1-2-11-9-5-8-6(10)3-4-7/h3,5H,2H2,1H3,(H,8,9,10). The summed E-state index contributed by atoms with van der Waals surface area (Å²) < 4.78 is 0. The minimum atomic E-state index is -0.518. The average Bonchev–Trinajstić information content (AvgIpc) is 1.99. The summed E-state index contributed by atoms with van der Waals surface area (Å²) in [5.74, 6) is -0.518. The van der Waals surface area contributed by atoms with E-state index in [1.54, 1.807) is 13.0 Å². The van der Waals surface area contributed by atoms with Gasteiger partial charge in [-0.2, -0.15) is 5.26 Å². The first-order valence-electron chi connectivity index (χ1n) is 2.98. The van der Waals surface area contributed by atoms with Gasteiger partial charge in [0.25, 0.3) is 0 Å². The van der Waals surface area contributed by atoms with Gasteiger partial charge in [-0.05, 0) is 6.92 Å². The third-order valence-corrected chi connectivity index (χ3v) is 0.659. The van der Waals surface area contributed by atoms with Crippen molar-refractivity contribution in [1.29, 1.82) is 5.26 Å². The minimum absolute atomic E-state index is 0.439. The van der Waals surface area contributed by atoms with Crippen molar-refractivity contribution in [3.8, 4) is 6.07 Å². The Morgan fingerprint density at radius 1 is 1.91 bits per heavy atom. The Morgan fingerprint density at radius 2 is 2.64 bits per heavy atom. The molecule has 0 fully saturated rings. The van der Waals surface area contributed by atoms with Crippen LogP contribution in [0.1, 0.15) is 6.92 Å². The van der Waals surface area contributed by atoms with E-state index >= 15 is 0 Å². The van der Waals surface area contributed by atoms with Gasteiger partial charge in [-0.15, -0.1) is 0 Å². The number of hydrogen-bond acceptors (Lipinski definition) is 4. The van der Waals surface area contributed by atoms with Crippen LogP contribution >= 0.6 is 0 Å². The first kappa shape index (κ1) is 9.43. The van der Waals surface area contributed by atoms with Crippen LogP contribution in [0.5, 0.6) is 0 Å². The van der Waals surface area contributed by atoms with Crippen LogP contribution in [0.15, 0.2) is 5.16 Å². The van der Waals surface area contributed by atoms with E-state index in [-0.39, 0.29) is 0 Å². The monoisotopic (exact) mass is 154 g/mol. The summed E-state index contributed by atoms with van der Waals surface area (Å²) >= 11 is 0. The van der Waals surface area contributed by atoms with Crippen LogP contribution in [0.4, 0.5) is 0 Å². The maximum absolute atomic E-state index is 10.5. The van der Waals surface area contributed by atoms with Gasteiger partial charge in [-0.3, -0.25) is 4.79 Å². The highest BCUT2D eigenvalue weighted by Crippen LogP contribution is 1.72. The van der Waals surface area contributed by atoms with Gasteiger partial charge < -0.3 is 10.2 Å². The molecule has 0 bridgehead atoms. The number of oxime groups is 1. The number of carbonyl (C=O) groups is 1. The van der Waals surface area contributed by atoms with E-state index in [2.05, 4.69) is 15.3 Å². The third-order valence-electron chi connectivity index (χ3n) is 0.659. The van der Waals surface area contributed by atoms with Crippen molar-refractivity contribution in [2.24, 2.45) is 5.16 Å². The highest BCUT2D eigenvalue weighted by molar-refractivity contribution is 5.95. The minimum Gasteiger partial charge on any atom is -0.395 e. The quantitative estimate of drug-likeness (QED) is 0.346. The maximum atomic E-state index is 10.5. The summed E-state index contributed by atoms with van der Waals surface area (Å²) in [6.45, 7) is 2.20. The Bertz CT molecular complexity index is 183. The molecule has 5 heteroatoms. The van der Waals surface area contributed by atoms with Crippen LogP contribution in [0, 0.1) is 17.8 Å². The van der Waals surface area contributed by atoms with E-state index in [4.69, 9.17) is 5.26 Å². The van der Waals surface area contributed by atoms with Gasteiger partial charge in [0, 0.05) is 0 Å². The lowest BCUT2D eigenvalue weighted by Crippen LogP contribution is -2.21. The van der Waals surface area contributed by atoms with Crippen molar-refractivity contribution < 1.29 is 9.63 Å². The second kappa shape index (κ2) is 6.55. The van der Waals surface area contributed by atoms with Crippen LogP contribution in [-0.2, 0) is 9.63 Å². The van der Waals surface area contributed by atoms with E-state index in [0.717, 1.165) is 12.8 Å². The molecule has 1 N–H and O–H groups in total. The van der Waals surface area contributed by atoms with Crippen LogP contribution < -0.4 is 5.32 Å². The molecule has 0 rings (SSSR count). The molecule has 59 valence electrons. The van der Waals surface area contributed by atoms with Crippen LogP contribution in [-0.4, -0.2) is 18.9 Å². The summed E-state index contributed by atoms with van der Waals surface area (Å²) in [6.07, 6.45) is 1.91. The lowest BCUT2D eigenvalue weighted by molar-refractivity contribution is -0.116. The number of hydrogen-bond donors (Lipinski definition) is 1. The fraction of sp³-hybridized carbons (Fsp3) is 0.333. The predicted octanol–water partition coefficient (Wildman–Crippen LogP) is -0.190. The van der Waals surface area contributed by atoms with E-state index in [1.807, 2.05) is 0 Å². The molecule has 0 saturated carbocycles. The molecule has 5 nitrogen and oxygen atoms in total. The predicted molar refractivity (Wildman–Crippen MR) is 38.2 cm³/mol. The molecule has 0 atom stereocenters. The second-order valence-corrected chi connectivity index (χ2v) is 1.43. The molecule has 0 aromatic heterocycles. The molecule has 0 spiro atoms. The highest BCUT2D eigenvalue weighted by atomic mass is 16.6. The zero-order chi connectivity index (χ0) is 8.53. The SMILES string of the molecule is CCON=CNC(=O)[CH]C#N. The van der Waals surface area contributed by atoms with E-state index in [0.29, 0.717) is 6.61 Å². The maximum Gasteiger partial charge on any atom is 0.244 e. The molecule has 0 aliphatic carbocycles. The Labute approximate surface area is 64.6 Å². The van der Waals surface area contributed by atoms with Crippen molar-refractivity contribution in [2.45, 2.75) is 6.92 Å². The molecule has 0 heterocycles. The number of rotatable bonds is 4. The molecule has 0 unspecified atom stereocenters. The molecule has 0 saturated heterocycles. The van der Waals surface area contributed by atoms with Gasteiger partial charge in [0.05, 0.1) is 6.07 Å². The Balaban J connectivity index is 3.39. The zero-order valence-electron chi connectivity index (χ0n) is 6.07. The molecule has 1 radical (unpaired) electrons. The largest absolute Gasteiger partial charge is 0.395 e. The molecule has 11 heavy (non-hydrogen) atoms. The highest BCUT2D eigenvalue weighted by Gasteiger charge is 1.94. The number of carbonyl (C=O) groups excluding carboxylic acids is 1. The fourth-order valence-corrected chi connectivity index (χ4v) is 0.302. The summed E-state index contributed by atoms with van der Waals surface area (Å²) in [7, 11) is 0. The Morgan fingerprint density at radius 3 is 3.18 bits per heavy atom. The normalized spacial score (nSPS) is 9.09. The van der Waals surface area contributed by atoms with E-state index in [9.17, 15) is 4.79 Å². The van der Waals surface area contributed by atoms with E-state index in [1.165, 1.54) is 0 Å². The van der Waals surface area contributed by atoms with Crippen molar-refractivity contribution in [3.05, 3.63) is 6.42 Å². The Hall–Kier alpha value is -1.57. The summed E-state index contributed by atoms with van der Waals surface area (Å²) in [6, 6.07) is 1.57. The van der Waals surface area contributed by atoms with Gasteiger partial charge in [0.15, 0.2) is 0 Å². The molecule has 0 aliphatic rings. The first-order valence-corrected chi connectivity index (χ1v) is 2.98. The smallest absolute Gasteiger partial charge is 0.244 e. The van der Waals surface area contributed by atoms with Crippen LogP contribution in [0.25, 0.3) is 0 Å². The van der Waals surface area contributed by atoms with E-state index < -0.39 is 5.91 Å². The lowest BCUT2D eigenvalue weighted by atomic mass is 10.4. The molecule has 0 aliphatic heterocycles. The number of nitrogens with zero attached hydrogens (tertiary/aromatic N) is 2. The summed E-state index contributed by atoms with van der Waals surface area (Å²) in [4.78, 5) is 15.0. The number of amides is 1. The van der Waals surface area contributed by atoms with Crippen molar-refractivity contribution in [1.82, 2.24) is 5.32 Å². The molecule has 0 aromatic rings. The Kier molecular flexibility index (Phi) is 5.61. The van der Waals surface area contributed by atoms with Crippen molar-refractivity contribution in [2.75, 3.05) is 6.61 Å².